The van der Waals surface area contributed by atoms with E-state index in [4.69, 9.17) is 16.3 Å². The number of benzene rings is 2. The number of piperazine rings is 1. The SMILES string of the molecule is COc1ccc(C)cc1NC(=O)C(C)N1CCN(C(=O)c2ccc(Cl)cc2)CC1. The summed E-state index contributed by atoms with van der Waals surface area (Å²) in [6.07, 6.45) is 0. The third-order valence-electron chi connectivity index (χ3n) is 5.23. The maximum absolute atomic E-state index is 12.8. The van der Waals surface area contributed by atoms with Crippen LogP contribution in [0.1, 0.15) is 22.8 Å². The third kappa shape index (κ3) is 5.08. The van der Waals surface area contributed by atoms with Gasteiger partial charge in [0.15, 0.2) is 0 Å². The molecule has 1 N–H and O–H groups in total. The molecule has 1 atom stereocenters. The highest BCUT2D eigenvalue weighted by molar-refractivity contribution is 6.30. The number of hydrogen-bond donors (Lipinski definition) is 1. The summed E-state index contributed by atoms with van der Waals surface area (Å²) in [7, 11) is 1.58. The van der Waals surface area contributed by atoms with E-state index in [0.29, 0.717) is 48.2 Å². The van der Waals surface area contributed by atoms with Gasteiger partial charge in [-0.15, -0.1) is 0 Å². The lowest BCUT2D eigenvalue weighted by Crippen LogP contribution is -2.54. The molecular formula is C22H26ClN3O3. The molecular weight excluding hydrogens is 390 g/mol. The lowest BCUT2D eigenvalue weighted by atomic mass is 10.1. The van der Waals surface area contributed by atoms with Crippen molar-refractivity contribution in [1.82, 2.24) is 9.80 Å². The summed E-state index contributed by atoms with van der Waals surface area (Å²) in [5.74, 6) is 0.531. The van der Waals surface area contributed by atoms with Gasteiger partial charge in [0.1, 0.15) is 5.75 Å². The van der Waals surface area contributed by atoms with Crippen LogP contribution in [0.4, 0.5) is 5.69 Å². The standard InChI is InChI=1S/C22H26ClN3O3/c1-15-4-9-20(29-3)19(14-15)24-21(27)16(2)25-10-12-26(13-11-25)22(28)17-5-7-18(23)8-6-17/h4-9,14,16H,10-13H2,1-3H3,(H,24,27). The van der Waals surface area contributed by atoms with Gasteiger partial charge in [0, 0.05) is 36.8 Å². The van der Waals surface area contributed by atoms with E-state index in [-0.39, 0.29) is 17.9 Å². The predicted octanol–water partition coefficient (Wildman–Crippen LogP) is 3.44. The van der Waals surface area contributed by atoms with Gasteiger partial charge in [-0.2, -0.15) is 0 Å². The highest BCUT2D eigenvalue weighted by Gasteiger charge is 2.28. The number of hydrogen-bond acceptors (Lipinski definition) is 4. The first kappa shape index (κ1) is 21.1. The van der Waals surface area contributed by atoms with Gasteiger partial charge in [-0.25, -0.2) is 0 Å². The van der Waals surface area contributed by atoms with Crippen LogP contribution >= 0.6 is 11.6 Å². The number of rotatable bonds is 5. The van der Waals surface area contributed by atoms with Gasteiger partial charge in [-0.3, -0.25) is 14.5 Å². The molecule has 0 aliphatic carbocycles. The fourth-order valence-electron chi connectivity index (χ4n) is 3.41. The number of nitrogens with zero attached hydrogens (tertiary/aromatic N) is 2. The molecule has 1 fully saturated rings. The zero-order valence-corrected chi connectivity index (χ0v) is 17.7. The maximum Gasteiger partial charge on any atom is 0.253 e. The van der Waals surface area contributed by atoms with E-state index in [1.54, 1.807) is 31.4 Å². The number of carbonyl (C=O) groups is 2. The van der Waals surface area contributed by atoms with Gasteiger partial charge < -0.3 is 15.0 Å². The molecule has 0 aromatic heterocycles. The number of amides is 2. The molecule has 1 heterocycles. The number of nitrogens with one attached hydrogen (secondary N) is 1. The van der Waals surface area contributed by atoms with E-state index >= 15 is 0 Å². The van der Waals surface area contributed by atoms with Gasteiger partial charge in [-0.05, 0) is 55.8 Å². The molecule has 0 radical (unpaired) electrons. The first-order chi connectivity index (χ1) is 13.9. The monoisotopic (exact) mass is 415 g/mol. The van der Waals surface area contributed by atoms with Crippen LogP contribution in [0.5, 0.6) is 5.75 Å². The third-order valence-corrected chi connectivity index (χ3v) is 5.48. The van der Waals surface area contributed by atoms with Crippen molar-refractivity contribution < 1.29 is 14.3 Å². The molecule has 2 aromatic rings. The molecule has 154 valence electrons. The van der Waals surface area contributed by atoms with Gasteiger partial charge in [0.05, 0.1) is 18.8 Å². The number of carbonyl (C=O) groups excluding carboxylic acids is 2. The Hall–Kier alpha value is -2.57. The number of anilines is 1. The van der Waals surface area contributed by atoms with Crippen molar-refractivity contribution in [3.05, 3.63) is 58.6 Å². The lowest BCUT2D eigenvalue weighted by Gasteiger charge is -2.37. The summed E-state index contributed by atoms with van der Waals surface area (Å²) < 4.78 is 5.34. The van der Waals surface area contributed by atoms with E-state index in [0.717, 1.165) is 5.56 Å². The first-order valence-electron chi connectivity index (χ1n) is 9.63. The van der Waals surface area contributed by atoms with Crippen molar-refractivity contribution in [2.75, 3.05) is 38.6 Å². The summed E-state index contributed by atoms with van der Waals surface area (Å²) >= 11 is 5.89. The van der Waals surface area contributed by atoms with Crippen LogP contribution in [0.3, 0.4) is 0 Å². The van der Waals surface area contributed by atoms with Crippen molar-refractivity contribution in [3.8, 4) is 5.75 Å². The summed E-state index contributed by atoms with van der Waals surface area (Å²) in [6.45, 7) is 6.28. The van der Waals surface area contributed by atoms with E-state index in [9.17, 15) is 9.59 Å². The van der Waals surface area contributed by atoms with Crippen LogP contribution in [0.2, 0.25) is 5.02 Å². The Morgan fingerprint density at radius 1 is 1.07 bits per heavy atom. The van der Waals surface area contributed by atoms with Crippen molar-refractivity contribution in [1.29, 1.82) is 0 Å². The quantitative estimate of drug-likeness (QED) is 0.812. The highest BCUT2D eigenvalue weighted by atomic mass is 35.5. The molecule has 0 bridgehead atoms. The average Bonchev–Trinajstić information content (AvgIpc) is 2.73. The van der Waals surface area contributed by atoms with Crippen LogP contribution < -0.4 is 10.1 Å². The van der Waals surface area contributed by atoms with Crippen LogP contribution in [-0.4, -0.2) is 60.9 Å². The molecule has 3 rings (SSSR count). The van der Waals surface area contributed by atoms with Crippen molar-refractivity contribution >= 4 is 29.1 Å². The van der Waals surface area contributed by atoms with Gasteiger partial charge >= 0.3 is 0 Å². The van der Waals surface area contributed by atoms with Gasteiger partial charge in [0.25, 0.3) is 5.91 Å². The molecule has 7 heteroatoms. The Balaban J connectivity index is 1.57. The van der Waals surface area contributed by atoms with Gasteiger partial charge in [0.2, 0.25) is 5.91 Å². The van der Waals surface area contributed by atoms with Crippen LogP contribution in [0, 0.1) is 6.92 Å². The van der Waals surface area contributed by atoms with E-state index < -0.39 is 0 Å². The molecule has 0 saturated carbocycles. The minimum Gasteiger partial charge on any atom is -0.495 e. The van der Waals surface area contributed by atoms with Crippen LogP contribution in [0.25, 0.3) is 0 Å². The van der Waals surface area contributed by atoms with E-state index in [2.05, 4.69) is 10.2 Å². The predicted molar refractivity (Wildman–Crippen MR) is 115 cm³/mol. The Morgan fingerprint density at radius 3 is 2.34 bits per heavy atom. The van der Waals surface area contributed by atoms with E-state index in [1.165, 1.54) is 0 Å². The fraction of sp³-hybridized carbons (Fsp3) is 0.364. The number of methoxy groups -OCH3 is 1. The topological polar surface area (TPSA) is 61.9 Å². The van der Waals surface area contributed by atoms with Crippen molar-refractivity contribution in [3.63, 3.8) is 0 Å². The lowest BCUT2D eigenvalue weighted by molar-refractivity contribution is -0.121. The first-order valence-corrected chi connectivity index (χ1v) is 10.0. The Bertz CT molecular complexity index is 877. The summed E-state index contributed by atoms with van der Waals surface area (Å²) in [5.41, 5.74) is 2.34. The Morgan fingerprint density at radius 2 is 1.72 bits per heavy atom. The van der Waals surface area contributed by atoms with E-state index in [1.807, 2.05) is 36.9 Å². The largest absolute Gasteiger partial charge is 0.495 e. The number of halogens is 1. The molecule has 2 amide bonds. The molecule has 1 aliphatic rings. The second-order valence-electron chi connectivity index (χ2n) is 7.20. The average molecular weight is 416 g/mol. The smallest absolute Gasteiger partial charge is 0.253 e. The molecule has 1 saturated heterocycles. The van der Waals surface area contributed by atoms with Crippen LogP contribution in [-0.2, 0) is 4.79 Å². The highest BCUT2D eigenvalue weighted by Crippen LogP contribution is 2.25. The Labute approximate surface area is 176 Å². The number of aryl methyl sites for hydroxylation is 1. The number of ether oxygens (including phenoxy) is 1. The maximum atomic E-state index is 12.8. The molecule has 29 heavy (non-hydrogen) atoms. The molecule has 2 aromatic carbocycles. The second kappa shape index (κ2) is 9.29. The minimum atomic E-state index is -0.312. The summed E-state index contributed by atoms with van der Waals surface area (Å²) in [5, 5.41) is 3.57. The van der Waals surface area contributed by atoms with Gasteiger partial charge in [-0.1, -0.05) is 17.7 Å². The second-order valence-corrected chi connectivity index (χ2v) is 7.64. The minimum absolute atomic E-state index is 0.0112. The summed E-state index contributed by atoms with van der Waals surface area (Å²) in [6, 6.07) is 12.3. The molecule has 0 spiro atoms. The molecule has 1 unspecified atom stereocenters. The van der Waals surface area contributed by atoms with Crippen molar-refractivity contribution in [2.24, 2.45) is 0 Å². The zero-order valence-electron chi connectivity index (χ0n) is 16.9. The summed E-state index contributed by atoms with van der Waals surface area (Å²) in [4.78, 5) is 29.3. The van der Waals surface area contributed by atoms with Crippen molar-refractivity contribution in [2.45, 2.75) is 19.9 Å². The zero-order chi connectivity index (χ0) is 21.0. The molecule has 6 nitrogen and oxygen atoms in total. The fourth-order valence-corrected chi connectivity index (χ4v) is 3.54. The normalized spacial score (nSPS) is 15.7. The molecule has 1 aliphatic heterocycles. The Kier molecular flexibility index (Phi) is 6.77. The van der Waals surface area contributed by atoms with Crippen LogP contribution in [0.15, 0.2) is 42.5 Å².